The summed E-state index contributed by atoms with van der Waals surface area (Å²) in [5.74, 6) is 3.34. The summed E-state index contributed by atoms with van der Waals surface area (Å²) in [4.78, 5) is 13.0. The maximum absolute atomic E-state index is 13.8. The molecule has 2 nitrogen and oxygen atoms in total. The third-order valence-electron chi connectivity index (χ3n) is 9.12. The van der Waals surface area contributed by atoms with Gasteiger partial charge in [0.1, 0.15) is 11.6 Å². The molecule has 0 heterocycles. The number of unbranched alkanes of at least 4 members (excludes halogenated alkanes) is 3. The topological polar surface area (TPSA) is 26.3 Å². The minimum Gasteiger partial charge on any atom is -0.426 e. The van der Waals surface area contributed by atoms with E-state index in [1.807, 2.05) is 0 Å². The second kappa shape index (κ2) is 12.0. The summed E-state index contributed by atoms with van der Waals surface area (Å²) in [6.45, 7) is 2.29. The lowest BCUT2D eigenvalue weighted by Crippen LogP contribution is -2.40. The van der Waals surface area contributed by atoms with Crippen molar-refractivity contribution in [3.8, 4) is 5.75 Å². The van der Waals surface area contributed by atoms with Crippen LogP contribution in [0.15, 0.2) is 18.2 Å². The van der Waals surface area contributed by atoms with Crippen LogP contribution in [0.5, 0.6) is 5.75 Å². The summed E-state index contributed by atoms with van der Waals surface area (Å²) in [6.07, 6.45) is 19.7. The molecule has 3 aliphatic rings. The summed E-state index contributed by atoms with van der Waals surface area (Å²) >= 11 is 5.76. The molecule has 3 saturated carbocycles. The number of hydrogen-bond acceptors (Lipinski definition) is 2. The van der Waals surface area contributed by atoms with E-state index in [1.165, 1.54) is 89.2 Å². The quantitative estimate of drug-likeness (QED) is 0.212. The van der Waals surface area contributed by atoms with Gasteiger partial charge in [-0.25, -0.2) is 4.39 Å². The van der Waals surface area contributed by atoms with Crippen LogP contribution in [0.4, 0.5) is 4.39 Å². The summed E-state index contributed by atoms with van der Waals surface area (Å²) in [5.41, 5.74) is 0. The normalized spacial score (nSPS) is 32.2. The maximum Gasteiger partial charge on any atom is 0.314 e. The molecule has 4 atom stereocenters. The lowest BCUT2D eigenvalue weighted by atomic mass is 9.59. The average molecular weight is 477 g/mol. The minimum absolute atomic E-state index is 0.0395. The van der Waals surface area contributed by atoms with Gasteiger partial charge in [0, 0.05) is 6.07 Å². The molecule has 4 rings (SSSR count). The van der Waals surface area contributed by atoms with Crippen LogP contribution in [0.1, 0.15) is 103 Å². The zero-order valence-corrected chi connectivity index (χ0v) is 21.1. The third-order valence-corrected chi connectivity index (χ3v) is 9.43. The van der Waals surface area contributed by atoms with Gasteiger partial charge in [0.15, 0.2) is 0 Å². The largest absolute Gasteiger partial charge is 0.426 e. The summed E-state index contributed by atoms with van der Waals surface area (Å²) in [7, 11) is 0. The number of benzene rings is 1. The molecule has 184 valence electrons. The predicted octanol–water partition coefficient (Wildman–Crippen LogP) is 8.99. The van der Waals surface area contributed by atoms with Gasteiger partial charge in [-0.3, -0.25) is 4.79 Å². The molecule has 0 bridgehead atoms. The molecule has 1 aromatic rings. The summed E-state index contributed by atoms with van der Waals surface area (Å²) < 4.78 is 19.4. The van der Waals surface area contributed by atoms with Crippen LogP contribution in [0.25, 0.3) is 0 Å². The summed E-state index contributed by atoms with van der Waals surface area (Å²) in [5, 5.41) is 0.0522. The van der Waals surface area contributed by atoms with Gasteiger partial charge in [0.2, 0.25) is 0 Å². The van der Waals surface area contributed by atoms with Crippen LogP contribution in [-0.2, 0) is 4.79 Å². The van der Waals surface area contributed by atoms with Crippen molar-refractivity contribution in [2.45, 2.75) is 103 Å². The number of carbonyl (C=O) groups is 1. The van der Waals surface area contributed by atoms with E-state index in [0.717, 1.165) is 37.0 Å². The van der Waals surface area contributed by atoms with Crippen molar-refractivity contribution in [2.24, 2.45) is 35.5 Å². The fourth-order valence-electron chi connectivity index (χ4n) is 7.26. The molecule has 1 aromatic carbocycles. The molecular weight excluding hydrogens is 435 g/mol. The van der Waals surface area contributed by atoms with Crippen molar-refractivity contribution in [1.29, 1.82) is 0 Å². The molecule has 4 unspecified atom stereocenters. The van der Waals surface area contributed by atoms with E-state index in [9.17, 15) is 9.18 Å². The molecule has 0 amide bonds. The third kappa shape index (κ3) is 6.53. The Kier molecular flexibility index (Phi) is 9.13. The Morgan fingerprint density at radius 3 is 2.52 bits per heavy atom. The first-order valence-corrected chi connectivity index (χ1v) is 14.1. The SMILES string of the molecule is CCCCCCC1CCC(C2CCC3C(CCCC3C(=O)Oc3ccc(Cl)c(F)c3)C2)CC1. The van der Waals surface area contributed by atoms with Gasteiger partial charge in [0.25, 0.3) is 0 Å². The highest BCUT2D eigenvalue weighted by molar-refractivity contribution is 6.30. The Morgan fingerprint density at radius 1 is 0.970 bits per heavy atom. The number of hydrogen-bond donors (Lipinski definition) is 0. The van der Waals surface area contributed by atoms with E-state index in [-0.39, 0.29) is 22.7 Å². The zero-order chi connectivity index (χ0) is 23.2. The number of rotatable bonds is 8. The highest BCUT2D eigenvalue weighted by Gasteiger charge is 2.43. The van der Waals surface area contributed by atoms with Gasteiger partial charge < -0.3 is 4.74 Å². The van der Waals surface area contributed by atoms with Crippen molar-refractivity contribution in [3.05, 3.63) is 29.0 Å². The van der Waals surface area contributed by atoms with Crippen LogP contribution < -0.4 is 4.74 Å². The average Bonchev–Trinajstić information content (AvgIpc) is 2.84. The van der Waals surface area contributed by atoms with E-state index in [2.05, 4.69) is 6.92 Å². The van der Waals surface area contributed by atoms with Crippen molar-refractivity contribution >= 4 is 17.6 Å². The van der Waals surface area contributed by atoms with E-state index >= 15 is 0 Å². The van der Waals surface area contributed by atoms with Crippen molar-refractivity contribution < 1.29 is 13.9 Å². The van der Waals surface area contributed by atoms with E-state index in [1.54, 1.807) is 6.07 Å². The second-order valence-electron chi connectivity index (χ2n) is 11.2. The molecule has 0 radical (unpaired) electrons. The van der Waals surface area contributed by atoms with Gasteiger partial charge in [-0.15, -0.1) is 0 Å². The molecule has 0 saturated heterocycles. The van der Waals surface area contributed by atoms with E-state index in [0.29, 0.717) is 11.8 Å². The molecular formula is C29H42ClFO2. The number of carbonyl (C=O) groups excluding carboxylic acids is 1. The van der Waals surface area contributed by atoms with Gasteiger partial charge >= 0.3 is 5.97 Å². The molecule has 0 spiro atoms. The minimum atomic E-state index is -0.542. The van der Waals surface area contributed by atoms with Gasteiger partial charge in [-0.05, 0) is 80.2 Å². The Labute approximate surface area is 205 Å². The molecule has 33 heavy (non-hydrogen) atoms. The first kappa shape index (κ1) is 25.0. The lowest BCUT2D eigenvalue weighted by molar-refractivity contribution is -0.144. The van der Waals surface area contributed by atoms with Crippen LogP contribution >= 0.6 is 11.6 Å². The van der Waals surface area contributed by atoms with Gasteiger partial charge in [-0.2, -0.15) is 0 Å². The zero-order valence-electron chi connectivity index (χ0n) is 20.4. The molecule has 3 aliphatic carbocycles. The Balaban J connectivity index is 1.26. The number of fused-ring (bicyclic) bond motifs is 1. The van der Waals surface area contributed by atoms with Crippen molar-refractivity contribution in [3.63, 3.8) is 0 Å². The molecule has 4 heteroatoms. The Hall–Kier alpha value is -1.09. The fraction of sp³-hybridized carbons (Fsp3) is 0.759. The number of ether oxygens (including phenoxy) is 1. The first-order chi connectivity index (χ1) is 16.0. The van der Waals surface area contributed by atoms with Crippen molar-refractivity contribution in [2.75, 3.05) is 0 Å². The predicted molar refractivity (Wildman–Crippen MR) is 133 cm³/mol. The molecule has 3 fully saturated rings. The van der Waals surface area contributed by atoms with Crippen LogP contribution in [0.3, 0.4) is 0 Å². The number of esters is 1. The smallest absolute Gasteiger partial charge is 0.314 e. The van der Waals surface area contributed by atoms with Crippen LogP contribution in [0, 0.1) is 41.3 Å². The second-order valence-corrected chi connectivity index (χ2v) is 11.6. The molecule has 0 aromatic heterocycles. The van der Waals surface area contributed by atoms with Crippen molar-refractivity contribution in [1.82, 2.24) is 0 Å². The number of halogens is 2. The van der Waals surface area contributed by atoms with Crippen LogP contribution in [-0.4, -0.2) is 5.97 Å². The van der Waals surface area contributed by atoms with E-state index in [4.69, 9.17) is 16.3 Å². The van der Waals surface area contributed by atoms with Crippen LogP contribution in [0.2, 0.25) is 5.02 Å². The highest BCUT2D eigenvalue weighted by Crippen LogP contribution is 2.50. The Bertz CT molecular complexity index is 773. The first-order valence-electron chi connectivity index (χ1n) is 13.7. The standard InChI is InChI=1S/C29H42ClFO2/c1-2-3-4-5-7-20-10-12-21(13-11-20)22-14-16-25-23(18-22)8-6-9-26(25)29(32)33-24-15-17-27(30)28(31)19-24/h15,17,19-23,25-26H,2-14,16,18H2,1H3. The monoisotopic (exact) mass is 476 g/mol. The maximum atomic E-state index is 13.8. The Morgan fingerprint density at radius 2 is 1.76 bits per heavy atom. The van der Waals surface area contributed by atoms with E-state index < -0.39 is 5.82 Å². The summed E-state index contributed by atoms with van der Waals surface area (Å²) in [6, 6.07) is 4.26. The highest BCUT2D eigenvalue weighted by atomic mass is 35.5. The van der Waals surface area contributed by atoms with Gasteiger partial charge in [-0.1, -0.05) is 76.3 Å². The molecule has 0 N–H and O–H groups in total. The lowest BCUT2D eigenvalue weighted by Gasteiger charge is -2.46. The molecule has 0 aliphatic heterocycles. The fourth-order valence-corrected chi connectivity index (χ4v) is 7.38. The van der Waals surface area contributed by atoms with Gasteiger partial charge in [0.05, 0.1) is 10.9 Å².